The first kappa shape index (κ1) is 17.1. The van der Waals surface area contributed by atoms with Crippen LogP contribution in [-0.2, 0) is 11.2 Å². The molecule has 0 aliphatic carbocycles. The Labute approximate surface area is 127 Å². The van der Waals surface area contributed by atoms with Crippen molar-refractivity contribution in [3.05, 3.63) is 29.3 Å². The summed E-state index contributed by atoms with van der Waals surface area (Å²) in [6, 6.07) is 5.66. The number of methoxy groups -OCH3 is 2. The van der Waals surface area contributed by atoms with E-state index in [4.69, 9.17) is 15.9 Å². The first-order chi connectivity index (χ1) is 10.2. The van der Waals surface area contributed by atoms with E-state index in [1.54, 1.807) is 13.2 Å². The summed E-state index contributed by atoms with van der Waals surface area (Å²) in [7, 11) is 2.96. The van der Waals surface area contributed by atoms with Gasteiger partial charge in [0.1, 0.15) is 11.3 Å². The maximum Gasteiger partial charge on any atom is 0.341 e. The van der Waals surface area contributed by atoms with Crippen molar-refractivity contribution < 1.29 is 14.3 Å². The third-order valence-corrected chi connectivity index (χ3v) is 3.49. The van der Waals surface area contributed by atoms with E-state index < -0.39 is 0 Å². The molecule has 0 amide bonds. The summed E-state index contributed by atoms with van der Waals surface area (Å²) in [5, 5.41) is 0. The monoisotopic (exact) mass is 288 g/mol. The Balaban J connectivity index is 2.55. The maximum absolute atomic E-state index is 11.9. The summed E-state index contributed by atoms with van der Waals surface area (Å²) in [4.78, 5) is 11.9. The van der Waals surface area contributed by atoms with Gasteiger partial charge < -0.3 is 9.47 Å². The summed E-state index contributed by atoms with van der Waals surface area (Å²) in [5.74, 6) is 2.90. The van der Waals surface area contributed by atoms with Gasteiger partial charge in [-0.2, -0.15) is 0 Å². The molecule has 0 unspecified atom stereocenters. The molecule has 0 N–H and O–H groups in total. The zero-order valence-electron chi connectivity index (χ0n) is 13.0. The minimum Gasteiger partial charge on any atom is -0.496 e. The van der Waals surface area contributed by atoms with Crippen LogP contribution in [0, 0.1) is 12.3 Å². The zero-order chi connectivity index (χ0) is 15.5. The Hall–Kier alpha value is -1.95. The van der Waals surface area contributed by atoms with Crippen molar-refractivity contribution in [2.75, 3.05) is 14.2 Å². The molecule has 3 heteroatoms. The molecule has 0 aliphatic rings. The van der Waals surface area contributed by atoms with Gasteiger partial charge in [-0.25, -0.2) is 4.79 Å². The molecule has 0 heterocycles. The van der Waals surface area contributed by atoms with Gasteiger partial charge in [0.2, 0.25) is 0 Å². The van der Waals surface area contributed by atoms with E-state index >= 15 is 0 Å². The molecule has 1 aromatic rings. The molecule has 1 aromatic carbocycles. The number of benzene rings is 1. The van der Waals surface area contributed by atoms with E-state index in [-0.39, 0.29) is 5.97 Å². The van der Waals surface area contributed by atoms with Crippen molar-refractivity contribution in [1.82, 2.24) is 0 Å². The van der Waals surface area contributed by atoms with Crippen LogP contribution in [0.2, 0.25) is 0 Å². The van der Waals surface area contributed by atoms with Crippen molar-refractivity contribution in [1.29, 1.82) is 0 Å². The van der Waals surface area contributed by atoms with E-state index in [1.165, 1.54) is 20.0 Å². The second-order valence-corrected chi connectivity index (χ2v) is 4.96. The molecular weight excluding hydrogens is 264 g/mol. The second kappa shape index (κ2) is 9.88. The van der Waals surface area contributed by atoms with Crippen molar-refractivity contribution in [3.63, 3.8) is 0 Å². The number of unbranched alkanes of at least 4 members (excludes halogenated alkanes) is 5. The molecule has 0 bridgehead atoms. The summed E-state index contributed by atoms with van der Waals surface area (Å²) in [6.07, 6.45) is 12.6. The van der Waals surface area contributed by atoms with Crippen LogP contribution in [0.4, 0.5) is 0 Å². The van der Waals surface area contributed by atoms with E-state index in [9.17, 15) is 4.79 Å². The molecule has 0 aliphatic heterocycles. The number of esters is 1. The number of terminal acetylenes is 1. The summed E-state index contributed by atoms with van der Waals surface area (Å²) in [5.41, 5.74) is 1.54. The van der Waals surface area contributed by atoms with Gasteiger partial charge in [-0.1, -0.05) is 31.4 Å². The Bertz CT molecular complexity index is 486. The average Bonchev–Trinajstić information content (AvgIpc) is 2.52. The fraction of sp³-hybridized carbons (Fsp3) is 0.500. The number of carbonyl (C=O) groups excluding carboxylic acids is 1. The molecule has 114 valence electrons. The number of carbonyl (C=O) groups is 1. The van der Waals surface area contributed by atoms with E-state index in [2.05, 4.69) is 5.92 Å². The largest absolute Gasteiger partial charge is 0.496 e. The number of aryl methyl sites for hydroxylation is 1. The molecule has 0 spiro atoms. The standard InChI is InChI=1S/C18H24O3/c1-4-5-6-7-8-9-10-12-15-13-11-14-16(20-2)17(15)18(19)21-3/h1,11,13-14H,5-10,12H2,2-3H3. The van der Waals surface area contributed by atoms with Crippen LogP contribution in [-0.4, -0.2) is 20.2 Å². The first-order valence-electron chi connectivity index (χ1n) is 7.42. The highest BCUT2D eigenvalue weighted by Gasteiger charge is 2.17. The van der Waals surface area contributed by atoms with Crippen molar-refractivity contribution in [3.8, 4) is 18.1 Å². The molecule has 1 rings (SSSR count). The lowest BCUT2D eigenvalue weighted by atomic mass is 9.99. The van der Waals surface area contributed by atoms with Crippen LogP contribution in [0.1, 0.15) is 54.4 Å². The predicted octanol–water partition coefficient (Wildman–Crippen LogP) is 4.00. The van der Waals surface area contributed by atoms with E-state index in [0.29, 0.717) is 11.3 Å². The van der Waals surface area contributed by atoms with Gasteiger partial charge in [0.25, 0.3) is 0 Å². The summed E-state index contributed by atoms with van der Waals surface area (Å²) in [6.45, 7) is 0. The normalized spacial score (nSPS) is 9.95. The zero-order valence-corrected chi connectivity index (χ0v) is 13.0. The lowest BCUT2D eigenvalue weighted by molar-refractivity contribution is 0.0595. The molecule has 0 radical (unpaired) electrons. The van der Waals surface area contributed by atoms with Crippen LogP contribution in [0.25, 0.3) is 0 Å². The van der Waals surface area contributed by atoms with Crippen molar-refractivity contribution in [2.45, 2.75) is 44.9 Å². The average molecular weight is 288 g/mol. The van der Waals surface area contributed by atoms with Gasteiger partial charge in [0.05, 0.1) is 14.2 Å². The Morgan fingerprint density at radius 3 is 2.52 bits per heavy atom. The van der Waals surface area contributed by atoms with Gasteiger partial charge in [0.15, 0.2) is 0 Å². The van der Waals surface area contributed by atoms with Crippen LogP contribution in [0.15, 0.2) is 18.2 Å². The lowest BCUT2D eigenvalue weighted by Gasteiger charge is -2.12. The lowest BCUT2D eigenvalue weighted by Crippen LogP contribution is -2.08. The van der Waals surface area contributed by atoms with Gasteiger partial charge in [0, 0.05) is 6.42 Å². The number of ether oxygens (including phenoxy) is 2. The van der Waals surface area contributed by atoms with Gasteiger partial charge in [-0.05, 0) is 30.9 Å². The number of rotatable bonds is 9. The number of hydrogen-bond donors (Lipinski definition) is 0. The van der Waals surface area contributed by atoms with E-state index in [0.717, 1.165) is 37.7 Å². The van der Waals surface area contributed by atoms with E-state index in [1.807, 2.05) is 12.1 Å². The third-order valence-electron chi connectivity index (χ3n) is 3.49. The molecule has 0 saturated carbocycles. The molecular formula is C18H24O3. The third kappa shape index (κ3) is 5.51. The Kier molecular flexibility index (Phi) is 8.04. The van der Waals surface area contributed by atoms with Crippen molar-refractivity contribution >= 4 is 5.97 Å². The Morgan fingerprint density at radius 1 is 1.14 bits per heavy atom. The first-order valence-corrected chi connectivity index (χ1v) is 7.42. The molecule has 0 fully saturated rings. The Morgan fingerprint density at radius 2 is 1.86 bits per heavy atom. The minimum absolute atomic E-state index is 0.337. The second-order valence-electron chi connectivity index (χ2n) is 4.96. The minimum atomic E-state index is -0.337. The SMILES string of the molecule is C#CCCCCCCCc1cccc(OC)c1C(=O)OC. The van der Waals surface area contributed by atoms with Crippen LogP contribution >= 0.6 is 0 Å². The number of hydrogen-bond acceptors (Lipinski definition) is 3. The summed E-state index contributed by atoms with van der Waals surface area (Å²) < 4.78 is 10.1. The molecule has 3 nitrogen and oxygen atoms in total. The highest BCUT2D eigenvalue weighted by molar-refractivity contribution is 5.94. The van der Waals surface area contributed by atoms with Crippen LogP contribution < -0.4 is 4.74 Å². The smallest absolute Gasteiger partial charge is 0.341 e. The molecule has 0 atom stereocenters. The maximum atomic E-state index is 11.9. The van der Waals surface area contributed by atoms with Gasteiger partial charge >= 0.3 is 5.97 Å². The fourth-order valence-corrected chi connectivity index (χ4v) is 2.36. The fourth-order valence-electron chi connectivity index (χ4n) is 2.36. The van der Waals surface area contributed by atoms with Gasteiger partial charge in [-0.3, -0.25) is 0 Å². The van der Waals surface area contributed by atoms with Crippen LogP contribution in [0.5, 0.6) is 5.75 Å². The topological polar surface area (TPSA) is 35.5 Å². The molecule has 0 saturated heterocycles. The van der Waals surface area contributed by atoms with Crippen molar-refractivity contribution in [2.24, 2.45) is 0 Å². The predicted molar refractivity (Wildman–Crippen MR) is 84.6 cm³/mol. The highest BCUT2D eigenvalue weighted by atomic mass is 16.5. The molecule has 21 heavy (non-hydrogen) atoms. The quantitative estimate of drug-likeness (QED) is 0.391. The van der Waals surface area contributed by atoms with Gasteiger partial charge in [-0.15, -0.1) is 12.3 Å². The summed E-state index contributed by atoms with van der Waals surface area (Å²) >= 11 is 0. The van der Waals surface area contributed by atoms with Crippen LogP contribution in [0.3, 0.4) is 0 Å². The highest BCUT2D eigenvalue weighted by Crippen LogP contribution is 2.24. The molecule has 0 aromatic heterocycles.